The van der Waals surface area contributed by atoms with E-state index in [2.05, 4.69) is 0 Å². The summed E-state index contributed by atoms with van der Waals surface area (Å²) in [5.41, 5.74) is 1.16. The van der Waals surface area contributed by atoms with Gasteiger partial charge in [0.15, 0.2) is 0 Å². The lowest BCUT2D eigenvalue weighted by atomic mass is 9.75. The Hall–Kier alpha value is -1.79. The Balaban J connectivity index is 1.85. The Kier molecular flexibility index (Phi) is 4.70. The Labute approximate surface area is 152 Å². The minimum atomic E-state index is -4.32. The summed E-state index contributed by atoms with van der Waals surface area (Å²) in [5.74, 6) is 0. The highest BCUT2D eigenvalue weighted by molar-refractivity contribution is 6.62. The molecule has 0 amide bonds. The van der Waals surface area contributed by atoms with Crippen LogP contribution in [0.5, 0.6) is 0 Å². The molecule has 1 aliphatic rings. The van der Waals surface area contributed by atoms with Crippen LogP contribution in [0.25, 0.3) is 0 Å². The van der Waals surface area contributed by atoms with E-state index in [1.54, 1.807) is 0 Å². The summed E-state index contributed by atoms with van der Waals surface area (Å²) >= 11 is 0. The number of benzene rings is 2. The lowest BCUT2D eigenvalue weighted by molar-refractivity contribution is -0.137. The summed E-state index contributed by atoms with van der Waals surface area (Å²) in [6.45, 7) is 7.97. The number of alkyl halides is 3. The fourth-order valence-corrected chi connectivity index (χ4v) is 2.93. The van der Waals surface area contributed by atoms with E-state index < -0.39 is 30.1 Å². The van der Waals surface area contributed by atoms with Crippen LogP contribution in [0.15, 0.2) is 48.5 Å². The van der Waals surface area contributed by atoms with Crippen LogP contribution in [0, 0.1) is 0 Å². The molecule has 1 saturated heterocycles. The van der Waals surface area contributed by atoms with Crippen molar-refractivity contribution in [1.82, 2.24) is 0 Å². The second kappa shape index (κ2) is 6.43. The largest absolute Gasteiger partial charge is 0.495 e. The van der Waals surface area contributed by atoms with Gasteiger partial charge in [0.1, 0.15) is 0 Å². The average molecular weight is 362 g/mol. The topological polar surface area (TPSA) is 18.5 Å². The van der Waals surface area contributed by atoms with Crippen LogP contribution in [-0.2, 0) is 21.9 Å². The van der Waals surface area contributed by atoms with Crippen molar-refractivity contribution in [3.8, 4) is 0 Å². The molecule has 0 spiro atoms. The molecule has 26 heavy (non-hydrogen) atoms. The van der Waals surface area contributed by atoms with E-state index in [4.69, 9.17) is 9.31 Å². The SMILES string of the molecule is CC1(C)OB(c2ccccc2Cc2ccc(C(F)(F)F)cc2)OC1(C)C. The monoisotopic (exact) mass is 362 g/mol. The van der Waals surface area contributed by atoms with Gasteiger partial charge in [0.25, 0.3) is 0 Å². The van der Waals surface area contributed by atoms with Crippen molar-refractivity contribution in [1.29, 1.82) is 0 Å². The Morgan fingerprint density at radius 1 is 0.846 bits per heavy atom. The maximum absolute atomic E-state index is 12.7. The van der Waals surface area contributed by atoms with E-state index in [1.165, 1.54) is 12.1 Å². The summed E-state index contributed by atoms with van der Waals surface area (Å²) < 4.78 is 50.4. The molecule has 6 heteroatoms. The van der Waals surface area contributed by atoms with E-state index in [-0.39, 0.29) is 0 Å². The molecule has 1 heterocycles. The number of halogens is 3. The van der Waals surface area contributed by atoms with Gasteiger partial charge >= 0.3 is 13.3 Å². The maximum Gasteiger partial charge on any atom is 0.495 e. The summed E-state index contributed by atoms with van der Waals surface area (Å²) in [6.07, 6.45) is -3.81. The average Bonchev–Trinajstić information content (AvgIpc) is 2.75. The lowest BCUT2D eigenvalue weighted by Crippen LogP contribution is -2.41. The van der Waals surface area contributed by atoms with E-state index in [0.29, 0.717) is 6.42 Å². The van der Waals surface area contributed by atoms with E-state index in [1.807, 2.05) is 52.0 Å². The molecule has 0 saturated carbocycles. The zero-order chi connectivity index (χ0) is 19.2. The number of hydrogen-bond acceptors (Lipinski definition) is 2. The quantitative estimate of drug-likeness (QED) is 0.744. The molecule has 3 rings (SSSR count). The van der Waals surface area contributed by atoms with Crippen molar-refractivity contribution >= 4 is 12.6 Å². The van der Waals surface area contributed by atoms with Crippen LogP contribution >= 0.6 is 0 Å². The number of hydrogen-bond donors (Lipinski definition) is 0. The summed E-state index contributed by atoms with van der Waals surface area (Å²) in [7, 11) is -0.495. The van der Waals surface area contributed by atoms with Crippen molar-refractivity contribution in [3.05, 3.63) is 65.2 Å². The van der Waals surface area contributed by atoms with Crippen LogP contribution < -0.4 is 5.46 Å². The van der Waals surface area contributed by atoms with Gasteiger partial charge in [0.05, 0.1) is 16.8 Å². The Bertz CT molecular complexity index is 766. The second-order valence-electron chi connectivity index (χ2n) is 7.66. The van der Waals surface area contributed by atoms with E-state index in [9.17, 15) is 13.2 Å². The third-order valence-electron chi connectivity index (χ3n) is 5.24. The van der Waals surface area contributed by atoms with Gasteiger partial charge in [0.2, 0.25) is 0 Å². The molecule has 0 radical (unpaired) electrons. The van der Waals surface area contributed by atoms with Gasteiger partial charge in [-0.3, -0.25) is 0 Å². The second-order valence-corrected chi connectivity index (χ2v) is 7.66. The summed E-state index contributed by atoms with van der Waals surface area (Å²) in [4.78, 5) is 0. The van der Waals surface area contributed by atoms with Crippen molar-refractivity contribution in [2.24, 2.45) is 0 Å². The van der Waals surface area contributed by atoms with Gasteiger partial charge in [-0.15, -0.1) is 0 Å². The molecule has 138 valence electrons. The van der Waals surface area contributed by atoms with Crippen molar-refractivity contribution < 1.29 is 22.5 Å². The summed E-state index contributed by atoms with van der Waals surface area (Å²) in [6, 6.07) is 13.0. The molecule has 2 nitrogen and oxygen atoms in total. The first-order chi connectivity index (χ1) is 12.0. The molecule has 0 bridgehead atoms. The highest BCUT2D eigenvalue weighted by Gasteiger charge is 2.52. The molecule has 1 aliphatic heterocycles. The zero-order valence-corrected chi connectivity index (χ0v) is 15.4. The molecule has 0 aromatic heterocycles. The Morgan fingerprint density at radius 2 is 1.38 bits per heavy atom. The summed E-state index contributed by atoms with van der Waals surface area (Å²) in [5, 5.41) is 0. The van der Waals surface area contributed by atoms with Crippen molar-refractivity contribution in [2.75, 3.05) is 0 Å². The molecule has 1 fully saturated rings. The minimum absolute atomic E-state index is 0.445. The van der Waals surface area contributed by atoms with Crippen molar-refractivity contribution in [3.63, 3.8) is 0 Å². The van der Waals surface area contributed by atoms with Gasteiger partial charge in [-0.1, -0.05) is 36.4 Å². The molecule has 2 aromatic carbocycles. The van der Waals surface area contributed by atoms with E-state index >= 15 is 0 Å². The normalized spacial score (nSPS) is 19.0. The maximum atomic E-state index is 12.7. The van der Waals surface area contributed by atoms with Crippen LogP contribution in [-0.4, -0.2) is 18.3 Å². The fourth-order valence-electron chi connectivity index (χ4n) is 2.93. The molecular formula is C20H22BF3O2. The molecule has 2 aromatic rings. The molecule has 0 atom stereocenters. The van der Waals surface area contributed by atoms with Crippen LogP contribution in [0.2, 0.25) is 0 Å². The van der Waals surface area contributed by atoms with Gasteiger partial charge < -0.3 is 9.31 Å². The zero-order valence-electron chi connectivity index (χ0n) is 15.4. The van der Waals surface area contributed by atoms with Gasteiger partial charge in [0, 0.05) is 0 Å². The third kappa shape index (κ3) is 3.67. The first kappa shape index (κ1) is 19.0. The van der Waals surface area contributed by atoms with Crippen LogP contribution in [0.1, 0.15) is 44.4 Å². The smallest absolute Gasteiger partial charge is 0.399 e. The molecule has 0 unspecified atom stereocenters. The minimum Gasteiger partial charge on any atom is -0.399 e. The van der Waals surface area contributed by atoms with Crippen molar-refractivity contribution in [2.45, 2.75) is 51.5 Å². The predicted molar refractivity (Wildman–Crippen MR) is 96.4 cm³/mol. The first-order valence-electron chi connectivity index (χ1n) is 8.59. The number of rotatable bonds is 3. The Morgan fingerprint density at radius 3 is 1.92 bits per heavy atom. The van der Waals surface area contributed by atoms with Gasteiger partial charge in [-0.2, -0.15) is 13.2 Å². The molecular weight excluding hydrogens is 340 g/mol. The van der Waals surface area contributed by atoms with E-state index in [0.717, 1.165) is 28.7 Å². The first-order valence-corrected chi connectivity index (χ1v) is 8.59. The molecule has 0 aliphatic carbocycles. The van der Waals surface area contributed by atoms with Gasteiger partial charge in [-0.05, 0) is 62.8 Å². The molecule has 0 N–H and O–H groups in total. The van der Waals surface area contributed by atoms with Crippen LogP contribution in [0.4, 0.5) is 13.2 Å². The third-order valence-corrected chi connectivity index (χ3v) is 5.24. The van der Waals surface area contributed by atoms with Crippen LogP contribution in [0.3, 0.4) is 0 Å². The predicted octanol–water partition coefficient (Wildman–Crippen LogP) is 4.60. The standard InChI is InChI=1S/C20H22BF3O2/c1-18(2)19(3,4)26-21(25-18)17-8-6-5-7-15(17)13-14-9-11-16(12-10-14)20(22,23)24/h5-12H,13H2,1-4H3. The highest BCUT2D eigenvalue weighted by Crippen LogP contribution is 2.37. The fraction of sp³-hybridized carbons (Fsp3) is 0.400. The van der Waals surface area contributed by atoms with Gasteiger partial charge in [-0.25, -0.2) is 0 Å². The highest BCUT2D eigenvalue weighted by atomic mass is 19.4. The lowest BCUT2D eigenvalue weighted by Gasteiger charge is -2.32.